The Balaban J connectivity index is 1.33. The molecule has 0 fully saturated rings. The normalized spacial score (nSPS) is 13.0. The van der Waals surface area contributed by atoms with Crippen LogP contribution in [0.3, 0.4) is 0 Å². The molecule has 10 heteroatoms. The molecule has 1 aromatic heterocycles. The Bertz CT molecular complexity index is 1340. The molecule has 190 valence electrons. The second-order valence-corrected chi connectivity index (χ2v) is 11.5. The molecule has 1 aliphatic heterocycles. The average molecular weight is 527 g/mol. The van der Waals surface area contributed by atoms with Crippen LogP contribution >= 0.6 is 11.3 Å². The smallest absolute Gasteiger partial charge is 0.243 e. The first-order valence-corrected chi connectivity index (χ1v) is 14.4. The summed E-state index contributed by atoms with van der Waals surface area (Å²) in [6, 6.07) is 12.5. The van der Waals surface area contributed by atoms with E-state index < -0.39 is 10.0 Å². The number of thiazole rings is 1. The van der Waals surface area contributed by atoms with E-state index in [1.807, 2.05) is 37.4 Å². The summed E-state index contributed by atoms with van der Waals surface area (Å²) in [5.74, 6) is -0.173. The van der Waals surface area contributed by atoms with Gasteiger partial charge in [0.1, 0.15) is 0 Å². The van der Waals surface area contributed by atoms with Gasteiger partial charge in [0.2, 0.25) is 21.8 Å². The van der Waals surface area contributed by atoms with Crippen LogP contribution in [0.1, 0.15) is 44.2 Å². The van der Waals surface area contributed by atoms with Gasteiger partial charge < -0.3 is 10.6 Å². The van der Waals surface area contributed by atoms with E-state index in [-0.39, 0.29) is 23.1 Å². The monoisotopic (exact) mass is 526 g/mol. The molecule has 0 bridgehead atoms. The Kier molecular flexibility index (Phi) is 8.17. The lowest BCUT2D eigenvalue weighted by Gasteiger charge is -2.21. The van der Waals surface area contributed by atoms with Crippen LogP contribution in [-0.4, -0.2) is 42.6 Å². The summed E-state index contributed by atoms with van der Waals surface area (Å²) in [7, 11) is -3.51. The number of anilines is 2. The highest BCUT2D eigenvalue weighted by atomic mass is 32.2. The molecule has 0 saturated carbocycles. The van der Waals surface area contributed by atoms with E-state index in [1.54, 1.807) is 24.3 Å². The molecule has 2 amide bonds. The predicted molar refractivity (Wildman–Crippen MR) is 143 cm³/mol. The fourth-order valence-electron chi connectivity index (χ4n) is 4.12. The molecule has 3 aromatic rings. The largest absolute Gasteiger partial charge is 0.326 e. The van der Waals surface area contributed by atoms with Crippen molar-refractivity contribution in [3.05, 3.63) is 59.0 Å². The molecule has 8 nitrogen and oxygen atoms in total. The summed E-state index contributed by atoms with van der Waals surface area (Å²) in [4.78, 5) is 28.9. The number of carbonyl (C=O) groups is 2. The van der Waals surface area contributed by atoms with Gasteiger partial charge in [0.15, 0.2) is 5.13 Å². The van der Waals surface area contributed by atoms with Gasteiger partial charge in [-0.05, 0) is 54.7 Å². The lowest BCUT2D eigenvalue weighted by molar-refractivity contribution is -0.116. The van der Waals surface area contributed by atoms with E-state index in [1.165, 1.54) is 15.6 Å². The number of benzene rings is 2. The van der Waals surface area contributed by atoms with Gasteiger partial charge in [-0.25, -0.2) is 13.4 Å². The number of nitrogens with one attached hydrogen (secondary N) is 2. The van der Waals surface area contributed by atoms with Gasteiger partial charge in [0, 0.05) is 36.1 Å². The molecule has 0 saturated heterocycles. The van der Waals surface area contributed by atoms with Crippen LogP contribution in [0.4, 0.5) is 10.8 Å². The maximum atomic E-state index is 12.9. The van der Waals surface area contributed by atoms with Gasteiger partial charge in [-0.15, -0.1) is 11.3 Å². The van der Waals surface area contributed by atoms with Gasteiger partial charge in [-0.1, -0.05) is 32.0 Å². The van der Waals surface area contributed by atoms with Crippen LogP contribution < -0.4 is 10.6 Å². The van der Waals surface area contributed by atoms with Crippen LogP contribution in [-0.2, 0) is 32.5 Å². The zero-order valence-corrected chi connectivity index (χ0v) is 22.0. The lowest BCUT2D eigenvalue weighted by Crippen LogP contribution is -2.32. The van der Waals surface area contributed by atoms with Crippen molar-refractivity contribution in [1.29, 1.82) is 0 Å². The Labute approximate surface area is 215 Å². The van der Waals surface area contributed by atoms with Crippen LogP contribution in [0, 0.1) is 0 Å². The number of sulfonamides is 1. The van der Waals surface area contributed by atoms with Crippen LogP contribution in [0.2, 0.25) is 0 Å². The number of aromatic nitrogens is 1. The summed E-state index contributed by atoms with van der Waals surface area (Å²) in [5.41, 5.74) is 4.31. The maximum Gasteiger partial charge on any atom is 0.243 e. The number of fused-ring (bicyclic) bond motifs is 1. The van der Waals surface area contributed by atoms with Gasteiger partial charge in [-0.3, -0.25) is 9.59 Å². The zero-order chi connectivity index (χ0) is 25.7. The number of amides is 2. The van der Waals surface area contributed by atoms with Crippen molar-refractivity contribution in [2.45, 2.75) is 50.8 Å². The molecule has 0 unspecified atom stereocenters. The van der Waals surface area contributed by atoms with E-state index in [0.29, 0.717) is 31.1 Å². The number of aryl methyl sites for hydroxylation is 1. The average Bonchev–Trinajstić information content (AvgIpc) is 3.47. The van der Waals surface area contributed by atoms with Crippen LogP contribution in [0.25, 0.3) is 11.3 Å². The fraction of sp³-hybridized carbons (Fsp3) is 0.346. The summed E-state index contributed by atoms with van der Waals surface area (Å²) in [6.45, 7) is 4.93. The van der Waals surface area contributed by atoms with E-state index in [9.17, 15) is 18.0 Å². The molecule has 1 aliphatic rings. The Morgan fingerprint density at radius 3 is 2.53 bits per heavy atom. The fourth-order valence-corrected chi connectivity index (χ4v) is 6.48. The van der Waals surface area contributed by atoms with Crippen LogP contribution in [0.15, 0.2) is 52.7 Å². The third-order valence-electron chi connectivity index (χ3n) is 5.92. The van der Waals surface area contributed by atoms with E-state index in [0.717, 1.165) is 40.9 Å². The highest BCUT2D eigenvalue weighted by Crippen LogP contribution is 2.31. The number of hydrogen-bond acceptors (Lipinski definition) is 6. The Morgan fingerprint density at radius 1 is 1.11 bits per heavy atom. The molecule has 2 heterocycles. The maximum absolute atomic E-state index is 12.9. The van der Waals surface area contributed by atoms with Crippen molar-refractivity contribution in [1.82, 2.24) is 9.29 Å². The Morgan fingerprint density at radius 2 is 1.83 bits per heavy atom. The number of hydrogen-bond donors (Lipinski definition) is 2. The van der Waals surface area contributed by atoms with E-state index >= 15 is 0 Å². The minimum atomic E-state index is -3.51. The molecule has 4 rings (SSSR count). The number of carbonyl (C=O) groups excluding carboxylic acids is 2. The third-order valence-corrected chi connectivity index (χ3v) is 8.60. The summed E-state index contributed by atoms with van der Waals surface area (Å²) in [6.07, 6.45) is 2.63. The van der Waals surface area contributed by atoms with Gasteiger partial charge in [0.05, 0.1) is 17.0 Å². The number of rotatable bonds is 11. The molecular weight excluding hydrogens is 496 g/mol. The zero-order valence-electron chi connectivity index (χ0n) is 20.4. The second kappa shape index (κ2) is 11.3. The first kappa shape index (κ1) is 26.0. The second-order valence-electron chi connectivity index (χ2n) is 8.73. The topological polar surface area (TPSA) is 108 Å². The van der Waals surface area contributed by atoms with Gasteiger partial charge in [0.25, 0.3) is 0 Å². The van der Waals surface area contributed by atoms with Gasteiger partial charge >= 0.3 is 0 Å². The molecule has 0 spiro atoms. The van der Waals surface area contributed by atoms with Gasteiger partial charge in [-0.2, -0.15) is 4.31 Å². The first-order chi connectivity index (χ1) is 17.3. The van der Waals surface area contributed by atoms with E-state index in [4.69, 9.17) is 0 Å². The highest BCUT2D eigenvalue weighted by Gasteiger charge is 2.23. The molecule has 0 atom stereocenters. The quantitative estimate of drug-likeness (QED) is 0.377. The summed E-state index contributed by atoms with van der Waals surface area (Å²) in [5, 5.41) is 8.04. The minimum Gasteiger partial charge on any atom is -0.326 e. The van der Waals surface area contributed by atoms with Crippen molar-refractivity contribution in [2.75, 3.05) is 23.7 Å². The molecule has 0 radical (unpaired) electrons. The predicted octanol–water partition coefficient (Wildman–Crippen LogP) is 4.69. The molecular formula is C26H30N4O4S2. The summed E-state index contributed by atoms with van der Waals surface area (Å²) < 4.78 is 27.3. The van der Waals surface area contributed by atoms with Crippen molar-refractivity contribution in [3.8, 4) is 11.3 Å². The van der Waals surface area contributed by atoms with Crippen molar-refractivity contribution >= 4 is 44.0 Å². The SMILES string of the molecule is CCCN(CCC)S(=O)(=O)c1ccc(CCC(=O)Nc2nc(-c3ccc4c(c3)CC(=O)N4)cs2)cc1. The number of nitrogens with zero attached hydrogens (tertiary/aromatic N) is 2. The third kappa shape index (κ3) is 6.00. The molecule has 0 aliphatic carbocycles. The lowest BCUT2D eigenvalue weighted by atomic mass is 10.1. The highest BCUT2D eigenvalue weighted by molar-refractivity contribution is 7.89. The van der Waals surface area contributed by atoms with Crippen molar-refractivity contribution in [2.24, 2.45) is 0 Å². The molecule has 2 aromatic carbocycles. The standard InChI is InChI=1S/C26H30N4O4S2/c1-3-13-30(14-4-2)36(33,34)21-9-5-18(6-10-21)7-12-24(31)29-26-28-23(17-35-26)19-8-11-22-20(15-19)16-25(32)27-22/h5-6,8-11,15,17H,3-4,7,12-14,16H2,1-2H3,(H,27,32)(H,28,29,31). The molecule has 36 heavy (non-hydrogen) atoms. The Hall–Kier alpha value is -3.08. The first-order valence-electron chi connectivity index (χ1n) is 12.1. The van der Waals surface area contributed by atoms with E-state index in [2.05, 4.69) is 15.6 Å². The van der Waals surface area contributed by atoms with Crippen molar-refractivity contribution < 1.29 is 18.0 Å². The summed E-state index contributed by atoms with van der Waals surface area (Å²) >= 11 is 1.35. The minimum absolute atomic E-state index is 0.0143. The van der Waals surface area contributed by atoms with Crippen LogP contribution in [0.5, 0.6) is 0 Å². The van der Waals surface area contributed by atoms with Crippen molar-refractivity contribution in [3.63, 3.8) is 0 Å². The molecule has 2 N–H and O–H groups in total.